The lowest BCUT2D eigenvalue weighted by Gasteiger charge is -2.44. The van der Waals surface area contributed by atoms with Gasteiger partial charge in [0.2, 0.25) is 5.91 Å². The molecule has 3 aromatic rings. The number of methoxy groups -OCH3 is 1. The Hall–Kier alpha value is -3.28. The molecule has 2 amide bonds. The zero-order valence-electron chi connectivity index (χ0n) is 20.8. The Labute approximate surface area is 207 Å². The van der Waals surface area contributed by atoms with Crippen LogP contribution in [0.15, 0.2) is 54.6 Å². The maximum absolute atomic E-state index is 14.0. The number of nitrogens with zero attached hydrogens (tertiary/aromatic N) is 2. The molecular weight excluding hydrogens is 438 g/mol. The molecule has 1 fully saturated rings. The highest BCUT2D eigenvalue weighted by molar-refractivity contribution is 6.03. The fraction of sp³-hybridized carbons (Fsp3) is 0.448. The first-order valence-electron chi connectivity index (χ1n) is 12.8. The fourth-order valence-corrected chi connectivity index (χ4v) is 5.61. The molecule has 1 atom stereocenters. The van der Waals surface area contributed by atoms with Gasteiger partial charge in [-0.1, -0.05) is 62.4 Å². The molecule has 0 spiro atoms. The summed E-state index contributed by atoms with van der Waals surface area (Å²) in [4.78, 5) is 29.7. The highest BCUT2D eigenvalue weighted by atomic mass is 16.5. The third kappa shape index (κ3) is 4.54. The van der Waals surface area contributed by atoms with E-state index < -0.39 is 5.54 Å². The third-order valence-corrected chi connectivity index (χ3v) is 7.75. The van der Waals surface area contributed by atoms with Crippen LogP contribution in [-0.4, -0.2) is 40.0 Å². The Morgan fingerprint density at radius 3 is 2.46 bits per heavy atom. The number of rotatable bonds is 5. The van der Waals surface area contributed by atoms with Crippen LogP contribution in [0.2, 0.25) is 0 Å². The van der Waals surface area contributed by atoms with Crippen LogP contribution in [-0.2, 0) is 17.9 Å². The molecule has 1 N–H and O–H groups in total. The highest BCUT2D eigenvalue weighted by Gasteiger charge is 2.48. The zero-order chi connectivity index (χ0) is 24.4. The molecule has 0 unspecified atom stereocenters. The van der Waals surface area contributed by atoms with Crippen molar-refractivity contribution in [3.63, 3.8) is 0 Å². The Morgan fingerprint density at radius 1 is 1.03 bits per heavy atom. The fourth-order valence-electron chi connectivity index (χ4n) is 5.61. The van der Waals surface area contributed by atoms with Gasteiger partial charge in [-0.3, -0.25) is 9.59 Å². The van der Waals surface area contributed by atoms with Gasteiger partial charge in [0, 0.05) is 24.0 Å². The van der Waals surface area contributed by atoms with Gasteiger partial charge >= 0.3 is 0 Å². The maximum atomic E-state index is 14.0. The number of carbonyl (C=O) groups is 2. The van der Waals surface area contributed by atoms with Crippen LogP contribution in [0.25, 0.3) is 10.9 Å². The van der Waals surface area contributed by atoms with Gasteiger partial charge < -0.3 is 19.5 Å². The Balaban J connectivity index is 1.53. The highest BCUT2D eigenvalue weighted by Crippen LogP contribution is 2.35. The van der Waals surface area contributed by atoms with Crippen molar-refractivity contribution >= 4 is 22.7 Å². The number of hydrogen-bond donors (Lipinski definition) is 1. The van der Waals surface area contributed by atoms with Gasteiger partial charge in [0.1, 0.15) is 17.0 Å². The number of benzene rings is 2. The van der Waals surface area contributed by atoms with E-state index in [0.29, 0.717) is 18.8 Å². The Morgan fingerprint density at radius 2 is 1.74 bits per heavy atom. The molecule has 5 rings (SSSR count). The molecule has 0 saturated heterocycles. The number of aromatic nitrogens is 1. The lowest BCUT2D eigenvalue weighted by atomic mass is 9.91. The molecule has 35 heavy (non-hydrogen) atoms. The minimum Gasteiger partial charge on any atom is -0.497 e. The second-order valence-electron chi connectivity index (χ2n) is 10.2. The standard InChI is InChI=1S/C29H35N3O3/c1-29(28(34)30-23-13-9-4-3-5-10-14-23)20-31-25-18-24(35-2)16-15-22(25)17-26(31)27(33)32(29)19-21-11-7-6-8-12-21/h6-8,11-12,15-18,23H,3-5,9-10,13-14,19-20H2,1-2H3,(H,30,34)/t29-/m1/s1. The molecule has 0 bridgehead atoms. The molecule has 6 heteroatoms. The van der Waals surface area contributed by atoms with Crippen molar-refractivity contribution in [2.75, 3.05) is 7.11 Å². The number of ether oxygens (including phenoxy) is 1. The van der Waals surface area contributed by atoms with E-state index in [1.807, 2.05) is 66.1 Å². The van der Waals surface area contributed by atoms with E-state index in [1.54, 1.807) is 12.0 Å². The van der Waals surface area contributed by atoms with Gasteiger partial charge in [0.25, 0.3) is 5.91 Å². The summed E-state index contributed by atoms with van der Waals surface area (Å²) in [6.45, 7) is 2.70. The predicted molar refractivity (Wildman–Crippen MR) is 137 cm³/mol. The molecule has 2 heterocycles. The minimum absolute atomic E-state index is 0.0669. The molecule has 1 aliphatic heterocycles. The molecule has 184 valence electrons. The number of amides is 2. The normalized spacial score (nSPS) is 21.3. The number of fused-ring (bicyclic) bond motifs is 3. The molecule has 6 nitrogen and oxygen atoms in total. The largest absolute Gasteiger partial charge is 0.497 e. The second-order valence-corrected chi connectivity index (χ2v) is 10.2. The van der Waals surface area contributed by atoms with E-state index in [1.165, 1.54) is 19.3 Å². The van der Waals surface area contributed by atoms with Crippen LogP contribution < -0.4 is 10.1 Å². The average Bonchev–Trinajstić information content (AvgIpc) is 3.21. The van der Waals surface area contributed by atoms with Crippen molar-refractivity contribution in [1.82, 2.24) is 14.8 Å². The number of hydrogen-bond acceptors (Lipinski definition) is 3. The first-order chi connectivity index (χ1) is 17.0. The summed E-state index contributed by atoms with van der Waals surface area (Å²) in [5.41, 5.74) is 1.52. The van der Waals surface area contributed by atoms with Crippen molar-refractivity contribution in [2.24, 2.45) is 0 Å². The van der Waals surface area contributed by atoms with Crippen LogP contribution in [0.3, 0.4) is 0 Å². The lowest BCUT2D eigenvalue weighted by molar-refractivity contribution is -0.134. The average molecular weight is 474 g/mol. The Bertz CT molecular complexity index is 1210. The van der Waals surface area contributed by atoms with Gasteiger partial charge in [-0.25, -0.2) is 0 Å². The van der Waals surface area contributed by atoms with Crippen LogP contribution in [0.5, 0.6) is 5.75 Å². The van der Waals surface area contributed by atoms with Gasteiger partial charge in [-0.05, 0) is 43.5 Å². The quantitative estimate of drug-likeness (QED) is 0.547. The van der Waals surface area contributed by atoms with E-state index in [9.17, 15) is 9.59 Å². The smallest absolute Gasteiger partial charge is 0.271 e. The van der Waals surface area contributed by atoms with Crippen molar-refractivity contribution in [1.29, 1.82) is 0 Å². The molecule has 1 aliphatic carbocycles. The predicted octanol–water partition coefficient (Wildman–Crippen LogP) is 5.29. The monoisotopic (exact) mass is 473 g/mol. The lowest BCUT2D eigenvalue weighted by Crippen LogP contribution is -2.64. The molecule has 0 radical (unpaired) electrons. The first kappa shape index (κ1) is 23.5. The Kier molecular flexibility index (Phi) is 6.54. The van der Waals surface area contributed by atoms with Crippen molar-refractivity contribution in [3.8, 4) is 5.75 Å². The van der Waals surface area contributed by atoms with Crippen LogP contribution in [0, 0.1) is 0 Å². The molecule has 2 aliphatic rings. The van der Waals surface area contributed by atoms with Gasteiger partial charge in [0.05, 0.1) is 19.2 Å². The molecule has 1 saturated carbocycles. The number of carbonyl (C=O) groups excluding carboxylic acids is 2. The maximum Gasteiger partial charge on any atom is 0.271 e. The summed E-state index contributed by atoms with van der Waals surface area (Å²) in [6, 6.07) is 17.8. The topological polar surface area (TPSA) is 63.6 Å². The van der Waals surface area contributed by atoms with Gasteiger partial charge in [-0.2, -0.15) is 0 Å². The van der Waals surface area contributed by atoms with E-state index in [2.05, 4.69) is 5.32 Å². The summed E-state index contributed by atoms with van der Waals surface area (Å²) >= 11 is 0. The summed E-state index contributed by atoms with van der Waals surface area (Å²) in [5, 5.41) is 4.33. The van der Waals surface area contributed by atoms with E-state index in [4.69, 9.17) is 4.74 Å². The summed E-state index contributed by atoms with van der Waals surface area (Å²) in [7, 11) is 1.64. The third-order valence-electron chi connectivity index (χ3n) is 7.75. The van der Waals surface area contributed by atoms with E-state index >= 15 is 0 Å². The first-order valence-corrected chi connectivity index (χ1v) is 12.8. The van der Waals surface area contributed by atoms with E-state index in [0.717, 1.165) is 47.9 Å². The summed E-state index contributed by atoms with van der Waals surface area (Å²) in [6.07, 6.45) is 8.02. The van der Waals surface area contributed by atoms with Gasteiger partial charge in [-0.15, -0.1) is 0 Å². The van der Waals surface area contributed by atoms with Crippen LogP contribution in [0.4, 0.5) is 0 Å². The summed E-state index contributed by atoms with van der Waals surface area (Å²) in [5.74, 6) is 0.548. The van der Waals surface area contributed by atoms with Gasteiger partial charge in [0.15, 0.2) is 0 Å². The molecule has 2 aromatic carbocycles. The number of nitrogens with one attached hydrogen (secondary N) is 1. The van der Waals surface area contributed by atoms with Crippen molar-refractivity contribution in [2.45, 2.75) is 76.5 Å². The van der Waals surface area contributed by atoms with Crippen molar-refractivity contribution in [3.05, 3.63) is 65.9 Å². The molecular formula is C29H35N3O3. The zero-order valence-corrected chi connectivity index (χ0v) is 20.8. The minimum atomic E-state index is -1.02. The summed E-state index contributed by atoms with van der Waals surface area (Å²) < 4.78 is 7.44. The molecule has 1 aromatic heterocycles. The second kappa shape index (κ2) is 9.76. The SMILES string of the molecule is COc1ccc2cc3n(c2c1)C[C@](C)(C(=O)NC1CCCCCCC1)N(Cc1ccccc1)C3=O. The van der Waals surface area contributed by atoms with E-state index in [-0.39, 0.29) is 17.9 Å². The van der Waals surface area contributed by atoms with Crippen molar-refractivity contribution < 1.29 is 14.3 Å². The van der Waals surface area contributed by atoms with Crippen LogP contribution in [0.1, 0.15) is 67.9 Å². The van der Waals surface area contributed by atoms with Crippen LogP contribution >= 0.6 is 0 Å².